The summed E-state index contributed by atoms with van der Waals surface area (Å²) in [5.41, 5.74) is 0. The molecule has 3 fully saturated rings. The molecule has 0 aromatic heterocycles. The van der Waals surface area contributed by atoms with E-state index in [1.807, 2.05) is 60.7 Å². The second-order valence-corrected chi connectivity index (χ2v) is 27.2. The molecule has 3 heterocycles. The second kappa shape index (κ2) is 25.1. The molecule has 0 spiro atoms. The van der Waals surface area contributed by atoms with Gasteiger partial charge < -0.3 is 35.3 Å². The average molecular weight is 879 g/mol. The summed E-state index contributed by atoms with van der Waals surface area (Å²) in [7, 11) is 1.00. The quantitative estimate of drug-likeness (QED) is 0.164. The van der Waals surface area contributed by atoms with Gasteiger partial charge in [-0.2, -0.15) is 29.3 Å². The molecule has 3 aromatic rings. The van der Waals surface area contributed by atoms with Crippen molar-refractivity contribution in [3.8, 4) is 17.2 Å². The van der Waals surface area contributed by atoms with Crippen molar-refractivity contribution >= 4 is 89.1 Å². The molecule has 6 rings (SSSR count). The van der Waals surface area contributed by atoms with Gasteiger partial charge in [-0.05, 0) is 70.9 Å². The minimum atomic E-state index is -2.46. The molecular weight excluding hydrogens is 836 g/mol. The fourth-order valence-corrected chi connectivity index (χ4v) is 12.6. The van der Waals surface area contributed by atoms with E-state index in [-0.39, 0.29) is 47.5 Å². The molecule has 3 nitrogen and oxygen atoms in total. The molecule has 3 aromatic carbocycles. The molecule has 0 aliphatic carbocycles. The van der Waals surface area contributed by atoms with Gasteiger partial charge in [-0.15, -0.1) is 34.3 Å². The van der Waals surface area contributed by atoms with Gasteiger partial charge in [0.1, 0.15) is 11.5 Å². The summed E-state index contributed by atoms with van der Waals surface area (Å²) in [5.74, 6) is 2.60. The molecular formula is C31H43BrCl3CuF3MgO3Si3. The van der Waals surface area contributed by atoms with Crippen LogP contribution in [0, 0.1) is 6.07 Å². The van der Waals surface area contributed by atoms with Crippen LogP contribution in [0.1, 0.15) is 26.7 Å². The van der Waals surface area contributed by atoms with E-state index < -0.39 is 38.3 Å². The van der Waals surface area contributed by atoms with E-state index >= 15 is 0 Å². The number of methoxy groups -OCH3 is 3. The molecule has 0 bridgehead atoms. The maximum atomic E-state index is 14.0. The molecule has 3 aliphatic rings. The van der Waals surface area contributed by atoms with E-state index in [2.05, 4.69) is 18.2 Å². The number of ether oxygens (including phenoxy) is 3. The Morgan fingerprint density at radius 2 is 0.957 bits per heavy atom. The van der Waals surface area contributed by atoms with Gasteiger partial charge >= 0.3 is 46.0 Å². The fourth-order valence-electron chi connectivity index (χ4n) is 4.28. The molecule has 0 radical (unpaired) electrons. The summed E-state index contributed by atoms with van der Waals surface area (Å²) in [4.78, 5) is 0. The van der Waals surface area contributed by atoms with Gasteiger partial charge in [-0.25, -0.2) is 0 Å². The molecule has 46 heavy (non-hydrogen) atoms. The Bertz CT molecular complexity index is 1120. The van der Waals surface area contributed by atoms with Crippen LogP contribution in [-0.4, -0.2) is 66.9 Å². The number of hydrogen-bond acceptors (Lipinski definition) is 3. The van der Waals surface area contributed by atoms with Crippen LogP contribution >= 0.6 is 33.2 Å². The number of benzene rings is 3. The van der Waals surface area contributed by atoms with E-state index in [4.69, 9.17) is 47.4 Å². The Balaban J connectivity index is 0. The second-order valence-electron chi connectivity index (χ2n) is 10.3. The maximum absolute atomic E-state index is 14.0. The summed E-state index contributed by atoms with van der Waals surface area (Å²) in [6.07, 6.45) is 3.63. The van der Waals surface area contributed by atoms with Gasteiger partial charge in [-0.3, -0.25) is 0 Å². The minimum absolute atomic E-state index is 0. The Morgan fingerprint density at radius 1 is 0.630 bits per heavy atom. The first kappa shape index (κ1) is 48.3. The van der Waals surface area contributed by atoms with E-state index in [1.165, 1.54) is 30.1 Å². The molecule has 0 atom stereocenters. The van der Waals surface area contributed by atoms with Crippen molar-refractivity contribution < 1.29 is 58.3 Å². The van der Waals surface area contributed by atoms with Crippen molar-refractivity contribution in [3.63, 3.8) is 0 Å². The van der Waals surface area contributed by atoms with Crippen LogP contribution in [0.5, 0.6) is 17.2 Å². The third-order valence-corrected chi connectivity index (χ3v) is 21.1. The number of rotatable bonds is 5. The Hall–Kier alpha value is 0.136. The zero-order valence-corrected chi connectivity index (χ0v) is 34.9. The van der Waals surface area contributed by atoms with Crippen molar-refractivity contribution in [1.29, 1.82) is 0 Å². The van der Waals surface area contributed by atoms with Gasteiger partial charge in [0.2, 0.25) is 0 Å². The summed E-state index contributed by atoms with van der Waals surface area (Å²) < 4.78 is 48.1. The van der Waals surface area contributed by atoms with Crippen molar-refractivity contribution in [2.24, 2.45) is 0 Å². The molecule has 3 aliphatic heterocycles. The van der Waals surface area contributed by atoms with Crippen LogP contribution in [0.3, 0.4) is 0 Å². The van der Waals surface area contributed by atoms with Crippen LogP contribution in [0.25, 0.3) is 0 Å². The van der Waals surface area contributed by atoms with Crippen LogP contribution in [-0.2, 0) is 15.9 Å². The zero-order valence-electron chi connectivity index (χ0n) is 25.7. The molecule has 259 valence electrons. The van der Waals surface area contributed by atoms with E-state index in [1.54, 1.807) is 21.3 Å². The first-order valence-electron chi connectivity index (χ1n) is 13.9. The molecule has 3 saturated heterocycles. The van der Waals surface area contributed by atoms with E-state index in [0.29, 0.717) is 0 Å². The average Bonchev–Trinajstić information content (AvgIpc) is 3.00. The standard InChI is InChI=1S/C10H13ClOSi.C10H13FOSi.C7H7O.C3H6Cl2Si.CH4.BrH.Cu.2FH.Mg/c2*1-12-9-3-5-10(6-4-9)13(11)7-2-8-13;1-8-7-5-3-2-4-6-7;4-6(5)2-1-3-6;;;;;;/h2*3-6H,2,7-8H2,1H3;3-6H,1H3;1-3H2;1H4;1H;;2*1H;/q;;-1;;;;+2;;;+2/p-3. The van der Waals surface area contributed by atoms with Gasteiger partial charge in [0.15, 0.2) is 7.38 Å². The smallest absolute Gasteiger partial charge is 2.00 e. The zero-order chi connectivity index (χ0) is 31.8. The number of halogens is 7. The van der Waals surface area contributed by atoms with Gasteiger partial charge in [-0.1, -0.05) is 51.0 Å². The third-order valence-electron chi connectivity index (χ3n) is 7.52. The van der Waals surface area contributed by atoms with E-state index in [0.717, 1.165) is 53.0 Å². The predicted octanol–water partition coefficient (Wildman–Crippen LogP) is 6.61. The summed E-state index contributed by atoms with van der Waals surface area (Å²) >= 11 is 16.8. The van der Waals surface area contributed by atoms with Crippen molar-refractivity contribution in [2.45, 2.75) is 63.0 Å². The van der Waals surface area contributed by atoms with Crippen LogP contribution < -0.4 is 41.6 Å². The first-order chi connectivity index (χ1) is 20.5. The largest absolute Gasteiger partial charge is 2.00 e. The maximum Gasteiger partial charge on any atom is 2.00 e. The van der Waals surface area contributed by atoms with Crippen LogP contribution in [0.4, 0.5) is 11.2 Å². The summed E-state index contributed by atoms with van der Waals surface area (Å²) in [5, 5.41) is 2.29. The van der Waals surface area contributed by atoms with Crippen LogP contribution in [0.15, 0.2) is 72.8 Å². The molecule has 0 N–H and O–H groups in total. The summed E-state index contributed by atoms with van der Waals surface area (Å²) in [6.45, 7) is -1.51. The topological polar surface area (TPSA) is 27.7 Å². The Kier molecular flexibility index (Phi) is 26.4. The predicted molar refractivity (Wildman–Crippen MR) is 190 cm³/mol. The molecule has 15 heteroatoms. The fraction of sp³-hybridized carbons (Fsp3) is 0.419. The van der Waals surface area contributed by atoms with E-state index in [9.17, 15) is 11.2 Å². The SMILES string of the molecule is C.COc1cc[c-]cc1.COc1ccc([Si]2(Cl)CCC2)cc1.COc1ccc([Si]2(F)CCC2)cc1.Cl[Si]1(Cl)CCC1.[Br-].[F][Cu][F].[Mg+2]. The Labute approximate surface area is 324 Å². The van der Waals surface area contributed by atoms with Crippen molar-refractivity contribution in [2.75, 3.05) is 21.3 Å². The Morgan fingerprint density at radius 3 is 1.20 bits per heavy atom. The van der Waals surface area contributed by atoms with Crippen molar-refractivity contribution in [1.82, 2.24) is 0 Å². The van der Waals surface area contributed by atoms with Gasteiger partial charge in [0, 0.05) is 5.75 Å². The molecule has 0 amide bonds. The first-order valence-corrected chi connectivity index (χ1v) is 24.8. The molecule has 0 unspecified atom stereocenters. The normalized spacial score (nSPS) is 16.6. The third kappa shape index (κ3) is 16.7. The number of hydrogen-bond donors (Lipinski definition) is 0. The summed E-state index contributed by atoms with van der Waals surface area (Å²) in [6, 6.07) is 32.3. The van der Waals surface area contributed by atoms with Crippen LogP contribution in [0.2, 0.25) is 36.3 Å². The molecule has 0 saturated carbocycles. The monoisotopic (exact) mass is 875 g/mol. The minimum Gasteiger partial charge on any atom is 2.00 e. The van der Waals surface area contributed by atoms with Gasteiger partial charge in [0.25, 0.3) is 15.1 Å². The van der Waals surface area contributed by atoms with Crippen molar-refractivity contribution in [3.05, 3.63) is 78.9 Å². The van der Waals surface area contributed by atoms with Gasteiger partial charge in [0.05, 0.1) is 21.3 Å².